The Labute approximate surface area is 347 Å². The van der Waals surface area contributed by atoms with Gasteiger partial charge in [0.15, 0.2) is 0 Å². The molecule has 0 saturated carbocycles. The third kappa shape index (κ3) is 40.9. The molecule has 2 N–H and O–H groups in total. The van der Waals surface area contributed by atoms with Crippen LogP contribution in [0.5, 0.6) is 0 Å². The number of amides is 1. The molecule has 0 aliphatic carbocycles. The predicted molar refractivity (Wildman–Crippen MR) is 238 cm³/mol. The van der Waals surface area contributed by atoms with Gasteiger partial charge in [-0.1, -0.05) is 192 Å². The molecule has 0 aromatic carbocycles. The molecule has 0 aromatic rings. The van der Waals surface area contributed by atoms with Gasteiger partial charge in [0, 0.05) is 6.42 Å². The molecule has 8 nitrogen and oxygen atoms in total. The number of phosphoric ester groups is 1. The highest BCUT2D eigenvalue weighted by atomic mass is 31.2. The minimum atomic E-state index is -4.59. The van der Waals surface area contributed by atoms with Gasteiger partial charge in [0.1, 0.15) is 13.2 Å². The number of unbranched alkanes of at least 4 members (excludes halogenated alkanes) is 25. The zero-order valence-electron chi connectivity index (χ0n) is 37.3. The molecule has 0 spiro atoms. The molecular formula is C47H91N2O6P. The molecule has 3 unspecified atom stereocenters. The van der Waals surface area contributed by atoms with Crippen molar-refractivity contribution in [3.63, 3.8) is 0 Å². The normalized spacial score (nSPS) is 14.6. The Kier molecular flexibility index (Phi) is 38.3. The van der Waals surface area contributed by atoms with Gasteiger partial charge < -0.3 is 28.8 Å². The third-order valence-electron chi connectivity index (χ3n) is 10.3. The van der Waals surface area contributed by atoms with Crippen molar-refractivity contribution < 1.29 is 32.9 Å². The van der Waals surface area contributed by atoms with Gasteiger partial charge >= 0.3 is 0 Å². The molecule has 0 fully saturated rings. The molecule has 0 aromatic heterocycles. The molecule has 1 amide bonds. The Morgan fingerprint density at radius 1 is 0.607 bits per heavy atom. The van der Waals surface area contributed by atoms with E-state index >= 15 is 0 Å². The van der Waals surface area contributed by atoms with Crippen LogP contribution in [0.15, 0.2) is 36.5 Å². The Bertz CT molecular complexity index is 1010. The summed E-state index contributed by atoms with van der Waals surface area (Å²) in [6, 6.07) is -0.904. The highest BCUT2D eigenvalue weighted by Gasteiger charge is 2.23. The van der Waals surface area contributed by atoms with Crippen molar-refractivity contribution >= 4 is 13.7 Å². The first-order valence-electron chi connectivity index (χ1n) is 23.4. The second-order valence-corrected chi connectivity index (χ2v) is 18.5. The maximum absolute atomic E-state index is 12.8. The summed E-state index contributed by atoms with van der Waals surface area (Å²) in [4.78, 5) is 25.2. The second kappa shape index (κ2) is 39.2. The first-order chi connectivity index (χ1) is 27.0. The van der Waals surface area contributed by atoms with E-state index in [1.165, 1.54) is 141 Å². The minimum absolute atomic E-state index is 0.00820. The molecule has 0 saturated heterocycles. The lowest BCUT2D eigenvalue weighted by atomic mass is 10.0. The van der Waals surface area contributed by atoms with Gasteiger partial charge in [-0.3, -0.25) is 9.36 Å². The number of carbonyl (C=O) groups excluding carboxylic acids is 1. The van der Waals surface area contributed by atoms with E-state index in [-0.39, 0.29) is 12.5 Å². The summed E-state index contributed by atoms with van der Waals surface area (Å²) in [6.07, 6.45) is 47.9. The maximum atomic E-state index is 12.8. The summed E-state index contributed by atoms with van der Waals surface area (Å²) in [5.41, 5.74) is 0. The van der Waals surface area contributed by atoms with Gasteiger partial charge in [-0.15, -0.1) is 0 Å². The molecule has 330 valence electrons. The summed E-state index contributed by atoms with van der Waals surface area (Å²) in [6.45, 7) is 4.59. The van der Waals surface area contributed by atoms with Crippen LogP contribution in [0, 0.1) is 0 Å². The lowest BCUT2D eigenvalue weighted by Gasteiger charge is -2.29. The van der Waals surface area contributed by atoms with E-state index in [0.717, 1.165) is 44.9 Å². The summed E-state index contributed by atoms with van der Waals surface area (Å²) >= 11 is 0. The second-order valence-electron chi connectivity index (χ2n) is 17.1. The van der Waals surface area contributed by atoms with E-state index in [1.54, 1.807) is 6.08 Å². The SMILES string of the molecule is CCCCCCCCCCCCCCCCC/C=C/CC/C=C/CC/C=C/C(O)C(COP(=O)([O-])OCC[N+](C)(C)C)NC(=O)CCCCCCCCCCC. The van der Waals surface area contributed by atoms with Crippen molar-refractivity contribution in [2.75, 3.05) is 40.9 Å². The number of hydrogen-bond acceptors (Lipinski definition) is 6. The number of rotatable bonds is 42. The van der Waals surface area contributed by atoms with Crippen molar-refractivity contribution in [3.05, 3.63) is 36.5 Å². The van der Waals surface area contributed by atoms with Crippen LogP contribution in [-0.4, -0.2) is 68.5 Å². The van der Waals surface area contributed by atoms with E-state index in [0.29, 0.717) is 17.4 Å². The van der Waals surface area contributed by atoms with Crippen LogP contribution in [0.4, 0.5) is 0 Å². The number of aliphatic hydroxyl groups is 1. The number of allylic oxidation sites excluding steroid dienone is 5. The van der Waals surface area contributed by atoms with Gasteiger partial charge in [-0.25, -0.2) is 0 Å². The molecule has 0 aliphatic heterocycles. The smallest absolute Gasteiger partial charge is 0.268 e. The Balaban J connectivity index is 4.31. The minimum Gasteiger partial charge on any atom is -0.756 e. The Hall–Kier alpha value is -1.28. The number of nitrogens with zero attached hydrogens (tertiary/aromatic N) is 1. The number of quaternary nitrogens is 1. The fourth-order valence-corrected chi connectivity index (χ4v) is 7.32. The van der Waals surface area contributed by atoms with E-state index < -0.39 is 26.6 Å². The number of phosphoric acid groups is 1. The van der Waals surface area contributed by atoms with Crippen LogP contribution in [0.25, 0.3) is 0 Å². The van der Waals surface area contributed by atoms with Crippen LogP contribution in [0.3, 0.4) is 0 Å². The average Bonchev–Trinajstić information content (AvgIpc) is 3.15. The highest BCUT2D eigenvalue weighted by Crippen LogP contribution is 2.38. The number of aliphatic hydroxyl groups excluding tert-OH is 1. The molecule has 0 radical (unpaired) electrons. The Morgan fingerprint density at radius 3 is 1.45 bits per heavy atom. The molecule has 9 heteroatoms. The lowest BCUT2D eigenvalue weighted by molar-refractivity contribution is -0.870. The zero-order chi connectivity index (χ0) is 41.4. The van der Waals surface area contributed by atoms with Gasteiger partial charge in [-0.05, 0) is 44.9 Å². The Morgan fingerprint density at radius 2 is 1.00 bits per heavy atom. The first kappa shape index (κ1) is 54.7. The monoisotopic (exact) mass is 811 g/mol. The van der Waals surface area contributed by atoms with Crippen LogP contribution < -0.4 is 10.2 Å². The van der Waals surface area contributed by atoms with Gasteiger partial charge in [0.05, 0.1) is 39.9 Å². The molecule has 0 bridgehead atoms. The molecule has 56 heavy (non-hydrogen) atoms. The van der Waals surface area contributed by atoms with Crippen LogP contribution in [-0.2, 0) is 18.4 Å². The fraction of sp³-hybridized carbons (Fsp3) is 0.851. The fourth-order valence-electron chi connectivity index (χ4n) is 6.60. The van der Waals surface area contributed by atoms with E-state index in [2.05, 4.69) is 43.5 Å². The molecular weight excluding hydrogens is 719 g/mol. The van der Waals surface area contributed by atoms with Crippen molar-refractivity contribution in [1.29, 1.82) is 0 Å². The highest BCUT2D eigenvalue weighted by molar-refractivity contribution is 7.45. The van der Waals surface area contributed by atoms with Crippen LogP contribution in [0.1, 0.15) is 206 Å². The van der Waals surface area contributed by atoms with E-state index in [4.69, 9.17) is 9.05 Å². The standard InChI is InChI=1S/C47H91N2O6P/c1-6-8-10-12-14-16-17-18-19-20-21-22-23-24-25-26-27-28-29-30-31-33-34-36-38-40-46(50)45(44-55-56(52,53)54-43-42-49(3,4)5)48-47(51)41-39-37-35-32-15-13-11-9-7-2/h27-28,31,33,38,40,45-46,50H,6-26,29-30,32,34-37,39,41-44H2,1-5H3,(H-,48,51,52,53)/b28-27+,33-31+,40-38+. The van der Waals surface area contributed by atoms with Crippen molar-refractivity contribution in [2.45, 2.75) is 219 Å². The first-order valence-corrected chi connectivity index (χ1v) is 24.8. The van der Waals surface area contributed by atoms with E-state index in [1.807, 2.05) is 27.2 Å². The van der Waals surface area contributed by atoms with Gasteiger partial charge in [0.2, 0.25) is 5.91 Å². The summed E-state index contributed by atoms with van der Waals surface area (Å²) < 4.78 is 23.1. The van der Waals surface area contributed by atoms with E-state index in [9.17, 15) is 19.4 Å². The molecule has 0 rings (SSSR count). The van der Waals surface area contributed by atoms with Gasteiger partial charge in [-0.2, -0.15) is 0 Å². The third-order valence-corrected chi connectivity index (χ3v) is 11.3. The largest absolute Gasteiger partial charge is 0.756 e. The number of nitrogens with one attached hydrogen (secondary N) is 1. The number of hydrogen-bond donors (Lipinski definition) is 2. The van der Waals surface area contributed by atoms with Crippen molar-refractivity contribution in [2.24, 2.45) is 0 Å². The zero-order valence-corrected chi connectivity index (χ0v) is 38.2. The van der Waals surface area contributed by atoms with Crippen molar-refractivity contribution in [1.82, 2.24) is 5.32 Å². The van der Waals surface area contributed by atoms with Crippen molar-refractivity contribution in [3.8, 4) is 0 Å². The maximum Gasteiger partial charge on any atom is 0.268 e. The average molecular weight is 811 g/mol. The summed E-state index contributed by atoms with van der Waals surface area (Å²) in [5, 5.41) is 13.7. The molecule has 0 heterocycles. The van der Waals surface area contributed by atoms with Gasteiger partial charge in [0.25, 0.3) is 7.82 Å². The van der Waals surface area contributed by atoms with Crippen LogP contribution in [0.2, 0.25) is 0 Å². The number of carbonyl (C=O) groups is 1. The summed E-state index contributed by atoms with van der Waals surface area (Å²) in [5.74, 6) is -0.215. The number of likely N-dealkylation sites (N-methyl/N-ethyl adjacent to an activating group) is 1. The molecule has 3 atom stereocenters. The lowest BCUT2D eigenvalue weighted by Crippen LogP contribution is -2.45. The predicted octanol–water partition coefficient (Wildman–Crippen LogP) is 12.5. The topological polar surface area (TPSA) is 108 Å². The van der Waals surface area contributed by atoms with Crippen LogP contribution >= 0.6 is 7.82 Å². The molecule has 0 aliphatic rings. The quantitative estimate of drug-likeness (QED) is 0.0275. The summed E-state index contributed by atoms with van der Waals surface area (Å²) in [7, 11) is 1.24.